The number of rotatable bonds is 2. The summed E-state index contributed by atoms with van der Waals surface area (Å²) < 4.78 is 4.69. The lowest BCUT2D eigenvalue weighted by Gasteiger charge is -2.19. The highest BCUT2D eigenvalue weighted by Crippen LogP contribution is 2.02. The zero-order valence-electron chi connectivity index (χ0n) is 8.61. The van der Waals surface area contributed by atoms with Gasteiger partial charge in [0.25, 0.3) is 0 Å². The predicted molar refractivity (Wildman–Crippen MR) is 54.3 cm³/mol. The number of nitrogens with one attached hydrogen (secondary N) is 1. The zero-order chi connectivity index (χ0) is 10.5. The third-order valence-electron chi connectivity index (χ3n) is 2.52. The molecule has 1 saturated heterocycles. The number of hydrogen-bond donors (Lipinski definition) is 1. The maximum Gasteiger partial charge on any atom is 0.228 e. The van der Waals surface area contributed by atoms with Gasteiger partial charge in [0.15, 0.2) is 0 Å². The first kappa shape index (κ1) is 10.2. The van der Waals surface area contributed by atoms with Crippen molar-refractivity contribution in [1.82, 2.24) is 15.4 Å². The molecule has 2 rings (SSSR count). The maximum absolute atomic E-state index is 11.8. The smallest absolute Gasteiger partial charge is 0.228 e. The molecule has 1 fully saturated rings. The van der Waals surface area contributed by atoms with Crippen molar-refractivity contribution in [2.45, 2.75) is 12.8 Å². The van der Waals surface area contributed by atoms with Gasteiger partial charge in [0.2, 0.25) is 5.91 Å². The van der Waals surface area contributed by atoms with Gasteiger partial charge in [-0.15, -0.1) is 0 Å². The summed E-state index contributed by atoms with van der Waals surface area (Å²) in [5.74, 6) is 0.132. The quantitative estimate of drug-likeness (QED) is 0.747. The van der Waals surface area contributed by atoms with Crippen molar-refractivity contribution in [1.29, 1.82) is 0 Å². The normalized spacial score (nSPS) is 17.5. The van der Waals surface area contributed by atoms with Gasteiger partial charge < -0.3 is 14.7 Å². The molecule has 1 aromatic rings. The number of carbonyl (C=O) groups is 1. The van der Waals surface area contributed by atoms with E-state index < -0.39 is 0 Å². The van der Waals surface area contributed by atoms with E-state index in [-0.39, 0.29) is 5.91 Å². The Balaban J connectivity index is 1.89. The number of carbonyl (C=O) groups excluding carboxylic acids is 1. The number of hydrogen-bond acceptors (Lipinski definition) is 4. The Morgan fingerprint density at radius 2 is 2.47 bits per heavy atom. The zero-order valence-corrected chi connectivity index (χ0v) is 8.61. The molecule has 0 aliphatic carbocycles. The summed E-state index contributed by atoms with van der Waals surface area (Å²) in [6.45, 7) is 3.50. The SMILES string of the molecule is O=C(Cc1ccon1)N1CCCNCC1. The van der Waals surface area contributed by atoms with Crippen LogP contribution in [0.3, 0.4) is 0 Å². The standard InChI is InChI=1S/C10H15N3O2/c14-10(8-9-2-7-15-12-9)13-5-1-3-11-4-6-13/h2,7,11H,1,3-6,8H2. The molecule has 1 aromatic heterocycles. The molecule has 0 atom stereocenters. The van der Waals surface area contributed by atoms with E-state index >= 15 is 0 Å². The van der Waals surface area contributed by atoms with Crippen molar-refractivity contribution in [2.24, 2.45) is 0 Å². The summed E-state index contributed by atoms with van der Waals surface area (Å²) >= 11 is 0. The van der Waals surface area contributed by atoms with E-state index in [1.54, 1.807) is 6.07 Å². The number of amides is 1. The Morgan fingerprint density at radius 1 is 1.53 bits per heavy atom. The average Bonchev–Trinajstić information content (AvgIpc) is 2.58. The van der Waals surface area contributed by atoms with Gasteiger partial charge in [0.1, 0.15) is 6.26 Å². The molecule has 0 spiro atoms. The van der Waals surface area contributed by atoms with Gasteiger partial charge in [0, 0.05) is 25.7 Å². The van der Waals surface area contributed by atoms with Gasteiger partial charge in [-0.2, -0.15) is 0 Å². The highest BCUT2D eigenvalue weighted by molar-refractivity contribution is 5.78. The van der Waals surface area contributed by atoms with Crippen LogP contribution in [0.5, 0.6) is 0 Å². The van der Waals surface area contributed by atoms with Crippen LogP contribution in [-0.2, 0) is 11.2 Å². The van der Waals surface area contributed by atoms with Gasteiger partial charge >= 0.3 is 0 Å². The summed E-state index contributed by atoms with van der Waals surface area (Å²) in [6, 6.07) is 1.73. The molecule has 82 valence electrons. The minimum Gasteiger partial charge on any atom is -0.364 e. The monoisotopic (exact) mass is 209 g/mol. The number of aromatic nitrogens is 1. The van der Waals surface area contributed by atoms with Crippen molar-refractivity contribution in [3.8, 4) is 0 Å². The second kappa shape index (κ2) is 4.93. The largest absolute Gasteiger partial charge is 0.364 e. The van der Waals surface area contributed by atoms with Crippen molar-refractivity contribution in [3.05, 3.63) is 18.0 Å². The van der Waals surface area contributed by atoms with Crippen LogP contribution in [0, 0.1) is 0 Å². The molecule has 0 aromatic carbocycles. The van der Waals surface area contributed by atoms with E-state index in [0.717, 1.165) is 32.6 Å². The van der Waals surface area contributed by atoms with Gasteiger partial charge in [-0.1, -0.05) is 5.16 Å². The molecule has 1 N–H and O–H groups in total. The molecule has 2 heterocycles. The van der Waals surface area contributed by atoms with E-state index in [1.807, 2.05) is 4.90 Å². The predicted octanol–water partition coefficient (Wildman–Crippen LogP) is 0.0390. The molecule has 5 heteroatoms. The van der Waals surface area contributed by atoms with Gasteiger partial charge in [-0.3, -0.25) is 4.79 Å². The minimum absolute atomic E-state index is 0.132. The second-order valence-corrected chi connectivity index (χ2v) is 3.65. The van der Waals surface area contributed by atoms with Crippen molar-refractivity contribution >= 4 is 5.91 Å². The molecule has 0 saturated carbocycles. The molecule has 0 radical (unpaired) electrons. The molecule has 0 unspecified atom stereocenters. The molecule has 5 nitrogen and oxygen atoms in total. The van der Waals surface area contributed by atoms with Crippen molar-refractivity contribution in [3.63, 3.8) is 0 Å². The molecule has 15 heavy (non-hydrogen) atoms. The Morgan fingerprint density at radius 3 is 3.27 bits per heavy atom. The van der Waals surface area contributed by atoms with Crippen LogP contribution >= 0.6 is 0 Å². The Bertz CT molecular complexity index is 302. The lowest BCUT2D eigenvalue weighted by atomic mass is 10.2. The summed E-state index contributed by atoms with van der Waals surface area (Å²) in [4.78, 5) is 13.7. The fourth-order valence-electron chi connectivity index (χ4n) is 1.69. The molecule has 0 bridgehead atoms. The highest BCUT2D eigenvalue weighted by Gasteiger charge is 2.16. The topological polar surface area (TPSA) is 58.4 Å². The van der Waals surface area contributed by atoms with Crippen LogP contribution in [0.1, 0.15) is 12.1 Å². The van der Waals surface area contributed by atoms with E-state index in [2.05, 4.69) is 10.5 Å². The van der Waals surface area contributed by atoms with Gasteiger partial charge in [0.05, 0.1) is 12.1 Å². The lowest BCUT2D eigenvalue weighted by molar-refractivity contribution is -0.130. The van der Waals surface area contributed by atoms with Crippen LogP contribution in [0.2, 0.25) is 0 Å². The van der Waals surface area contributed by atoms with Crippen LogP contribution in [0.25, 0.3) is 0 Å². The third-order valence-corrected chi connectivity index (χ3v) is 2.52. The maximum atomic E-state index is 11.8. The van der Waals surface area contributed by atoms with E-state index in [9.17, 15) is 4.79 Å². The van der Waals surface area contributed by atoms with Crippen LogP contribution in [-0.4, -0.2) is 42.1 Å². The number of nitrogens with zero attached hydrogens (tertiary/aromatic N) is 2. The van der Waals surface area contributed by atoms with Crippen LogP contribution in [0.4, 0.5) is 0 Å². The first-order chi connectivity index (χ1) is 7.36. The Labute approximate surface area is 88.4 Å². The molecule has 1 aliphatic rings. The first-order valence-electron chi connectivity index (χ1n) is 5.24. The van der Waals surface area contributed by atoms with Gasteiger partial charge in [-0.05, 0) is 13.0 Å². The Kier molecular flexibility index (Phi) is 3.34. The van der Waals surface area contributed by atoms with Crippen molar-refractivity contribution < 1.29 is 9.32 Å². The van der Waals surface area contributed by atoms with Crippen LogP contribution < -0.4 is 5.32 Å². The summed E-state index contributed by atoms with van der Waals surface area (Å²) in [5, 5.41) is 7.00. The molecule has 1 amide bonds. The molecule has 1 aliphatic heterocycles. The minimum atomic E-state index is 0.132. The van der Waals surface area contributed by atoms with Gasteiger partial charge in [-0.25, -0.2) is 0 Å². The third kappa shape index (κ3) is 2.79. The van der Waals surface area contributed by atoms with Crippen molar-refractivity contribution in [2.75, 3.05) is 26.2 Å². The lowest BCUT2D eigenvalue weighted by Crippen LogP contribution is -2.35. The van der Waals surface area contributed by atoms with E-state index in [1.165, 1.54) is 6.26 Å². The highest BCUT2D eigenvalue weighted by atomic mass is 16.5. The summed E-state index contributed by atoms with van der Waals surface area (Å²) in [5.41, 5.74) is 0.706. The fourth-order valence-corrected chi connectivity index (χ4v) is 1.69. The van der Waals surface area contributed by atoms with E-state index in [4.69, 9.17) is 4.52 Å². The second-order valence-electron chi connectivity index (χ2n) is 3.65. The average molecular weight is 209 g/mol. The molecular weight excluding hydrogens is 194 g/mol. The summed E-state index contributed by atoms with van der Waals surface area (Å²) in [6.07, 6.45) is 2.85. The molecular formula is C10H15N3O2. The fraction of sp³-hybridized carbons (Fsp3) is 0.600. The Hall–Kier alpha value is -1.36. The summed E-state index contributed by atoms with van der Waals surface area (Å²) in [7, 11) is 0. The van der Waals surface area contributed by atoms with Crippen LogP contribution in [0.15, 0.2) is 16.9 Å². The van der Waals surface area contributed by atoms with E-state index in [0.29, 0.717) is 12.1 Å². The first-order valence-corrected chi connectivity index (χ1v) is 5.24.